The van der Waals surface area contributed by atoms with E-state index in [4.69, 9.17) is 10.3 Å². The van der Waals surface area contributed by atoms with Crippen LogP contribution in [0.15, 0.2) is 53.9 Å². The van der Waals surface area contributed by atoms with Crippen LogP contribution in [0.3, 0.4) is 0 Å². The Hall–Kier alpha value is -1.90. The molecule has 2 rings (SSSR count). The Morgan fingerprint density at radius 3 is 2.56 bits per heavy atom. The average molecular weight is 214 g/mol. The number of allylic oxidation sites excluding steroid dienone is 2. The smallest absolute Gasteiger partial charge is 0.236 e. The molecule has 0 aliphatic carbocycles. The number of benzene rings is 1. The zero-order valence-electron chi connectivity index (χ0n) is 9.18. The Morgan fingerprint density at radius 2 is 2.06 bits per heavy atom. The number of nitrogens with one attached hydrogen (secondary N) is 1. The summed E-state index contributed by atoms with van der Waals surface area (Å²) in [6.07, 6.45) is 6.13. The summed E-state index contributed by atoms with van der Waals surface area (Å²) in [6.45, 7) is 1.95. The Labute approximate surface area is 95.0 Å². The zero-order chi connectivity index (χ0) is 11.4. The van der Waals surface area contributed by atoms with Crippen molar-refractivity contribution in [2.24, 2.45) is 5.11 Å². The van der Waals surface area contributed by atoms with Crippen LogP contribution in [-0.2, 0) is 4.74 Å². The molecule has 1 N–H and O–H groups in total. The van der Waals surface area contributed by atoms with Crippen molar-refractivity contribution in [3.05, 3.63) is 54.3 Å². The van der Waals surface area contributed by atoms with Crippen molar-refractivity contribution >= 4 is 5.57 Å². The van der Waals surface area contributed by atoms with Gasteiger partial charge in [0.2, 0.25) is 5.72 Å². The Morgan fingerprint density at radius 1 is 1.31 bits per heavy atom. The maximum atomic E-state index is 7.14. The summed E-state index contributed by atoms with van der Waals surface area (Å²) in [4.78, 5) is 0. The third-order valence-corrected chi connectivity index (χ3v) is 2.72. The first-order valence-corrected chi connectivity index (χ1v) is 5.31. The largest absolute Gasteiger partial charge is 0.468 e. The number of nitrogens with zero attached hydrogens (tertiary/aromatic N) is 1. The minimum absolute atomic E-state index is 0.658. The van der Waals surface area contributed by atoms with Gasteiger partial charge in [0.05, 0.1) is 6.26 Å². The lowest BCUT2D eigenvalue weighted by molar-refractivity contribution is 0.0613. The van der Waals surface area contributed by atoms with Crippen LogP contribution in [0.5, 0.6) is 0 Å². The Kier molecular flexibility index (Phi) is 2.86. The molecule has 0 amide bonds. The van der Waals surface area contributed by atoms with E-state index in [1.807, 2.05) is 49.4 Å². The zero-order valence-corrected chi connectivity index (χ0v) is 9.18. The molecule has 1 aromatic rings. The molecule has 1 aliphatic rings. The molecular weight excluding hydrogens is 200 g/mol. The summed E-state index contributed by atoms with van der Waals surface area (Å²) in [6, 6.07) is 10.0. The minimum Gasteiger partial charge on any atom is -0.468 e. The molecule has 0 bridgehead atoms. The van der Waals surface area contributed by atoms with Crippen molar-refractivity contribution < 1.29 is 4.74 Å². The van der Waals surface area contributed by atoms with Gasteiger partial charge in [-0.25, -0.2) is 5.53 Å². The molecule has 0 fully saturated rings. The summed E-state index contributed by atoms with van der Waals surface area (Å²) < 4.78 is 5.53. The maximum Gasteiger partial charge on any atom is 0.236 e. The van der Waals surface area contributed by atoms with Crippen LogP contribution in [0.4, 0.5) is 0 Å². The van der Waals surface area contributed by atoms with Gasteiger partial charge in [-0.2, -0.15) is 0 Å². The highest BCUT2D eigenvalue weighted by molar-refractivity contribution is 5.74. The van der Waals surface area contributed by atoms with E-state index in [-0.39, 0.29) is 0 Å². The van der Waals surface area contributed by atoms with Crippen LogP contribution < -0.4 is 0 Å². The van der Waals surface area contributed by atoms with Crippen molar-refractivity contribution in [2.45, 2.75) is 19.1 Å². The average Bonchev–Trinajstić information content (AvgIpc) is 2.40. The van der Waals surface area contributed by atoms with Crippen LogP contribution in [0.2, 0.25) is 0 Å². The van der Waals surface area contributed by atoms with Crippen molar-refractivity contribution in [2.75, 3.05) is 0 Å². The quantitative estimate of drug-likeness (QED) is 0.765. The second-order valence-corrected chi connectivity index (χ2v) is 3.70. The van der Waals surface area contributed by atoms with Gasteiger partial charge in [-0.1, -0.05) is 37.3 Å². The van der Waals surface area contributed by atoms with E-state index in [1.165, 1.54) is 0 Å². The number of hydrogen-bond donors (Lipinski definition) is 1. The first-order chi connectivity index (χ1) is 7.79. The fraction of sp³-hybridized carbons (Fsp3) is 0.231. The molecule has 0 radical (unpaired) electrons. The normalized spacial score (nSPS) is 23.4. The summed E-state index contributed by atoms with van der Waals surface area (Å²) in [5, 5.41) is 3.52. The lowest BCUT2D eigenvalue weighted by Gasteiger charge is -2.26. The van der Waals surface area contributed by atoms with E-state index in [0.717, 1.165) is 11.1 Å². The topological polar surface area (TPSA) is 45.4 Å². The molecular formula is C13H14N2O. The molecule has 1 aromatic carbocycles. The van der Waals surface area contributed by atoms with Gasteiger partial charge >= 0.3 is 0 Å². The van der Waals surface area contributed by atoms with Gasteiger partial charge in [-0.3, -0.25) is 0 Å². The van der Waals surface area contributed by atoms with Crippen molar-refractivity contribution in [3.63, 3.8) is 0 Å². The van der Waals surface area contributed by atoms with E-state index in [9.17, 15) is 0 Å². The Bertz CT molecular complexity index is 437. The first kappa shape index (κ1) is 10.6. The fourth-order valence-corrected chi connectivity index (χ4v) is 1.60. The lowest BCUT2D eigenvalue weighted by Crippen LogP contribution is -2.25. The second-order valence-electron chi connectivity index (χ2n) is 3.70. The summed E-state index contributed by atoms with van der Waals surface area (Å²) in [5.41, 5.74) is 8.45. The van der Waals surface area contributed by atoms with Gasteiger partial charge in [-0.05, 0) is 17.7 Å². The van der Waals surface area contributed by atoms with Crippen LogP contribution >= 0.6 is 0 Å². The van der Waals surface area contributed by atoms with E-state index < -0.39 is 5.72 Å². The maximum absolute atomic E-state index is 7.14. The SMILES string of the molecule is CCC1(N=N)C=CC(c2ccccc2)=CO1. The molecule has 16 heavy (non-hydrogen) atoms. The second kappa shape index (κ2) is 4.31. The highest BCUT2D eigenvalue weighted by Gasteiger charge is 2.27. The van der Waals surface area contributed by atoms with E-state index in [0.29, 0.717) is 6.42 Å². The highest BCUT2D eigenvalue weighted by atomic mass is 16.5. The van der Waals surface area contributed by atoms with Crippen LogP contribution in [0.1, 0.15) is 18.9 Å². The number of hydrogen-bond acceptors (Lipinski definition) is 3. The third kappa shape index (κ3) is 1.89. The lowest BCUT2D eigenvalue weighted by atomic mass is 10.0. The molecule has 0 saturated heterocycles. The minimum atomic E-state index is -0.793. The molecule has 1 aliphatic heterocycles. The summed E-state index contributed by atoms with van der Waals surface area (Å²) in [7, 11) is 0. The van der Waals surface area contributed by atoms with Crippen LogP contribution in [0, 0.1) is 5.53 Å². The fourth-order valence-electron chi connectivity index (χ4n) is 1.60. The number of rotatable bonds is 3. The van der Waals surface area contributed by atoms with Gasteiger partial charge in [-0.15, -0.1) is 5.11 Å². The molecule has 3 nitrogen and oxygen atoms in total. The van der Waals surface area contributed by atoms with Crippen molar-refractivity contribution in [3.8, 4) is 0 Å². The van der Waals surface area contributed by atoms with Crippen LogP contribution in [0.25, 0.3) is 5.57 Å². The first-order valence-electron chi connectivity index (χ1n) is 5.31. The molecule has 1 heterocycles. The molecule has 0 spiro atoms. The van der Waals surface area contributed by atoms with Gasteiger partial charge < -0.3 is 4.74 Å². The summed E-state index contributed by atoms with van der Waals surface area (Å²) in [5.74, 6) is 0. The highest BCUT2D eigenvalue weighted by Crippen LogP contribution is 2.29. The predicted octanol–water partition coefficient (Wildman–Crippen LogP) is 3.75. The standard InChI is InChI=1S/C13H14N2O/c1-2-13(15-14)9-8-12(10-16-13)11-6-4-3-5-7-11/h3-10,14H,2H2,1H3. The van der Waals surface area contributed by atoms with Gasteiger partial charge in [0.1, 0.15) is 0 Å². The van der Waals surface area contributed by atoms with E-state index >= 15 is 0 Å². The third-order valence-electron chi connectivity index (χ3n) is 2.72. The molecule has 0 aromatic heterocycles. The molecule has 1 atom stereocenters. The van der Waals surface area contributed by atoms with Crippen molar-refractivity contribution in [1.82, 2.24) is 0 Å². The van der Waals surface area contributed by atoms with E-state index in [2.05, 4.69) is 5.11 Å². The number of ether oxygens (including phenoxy) is 1. The van der Waals surface area contributed by atoms with Gasteiger partial charge in [0, 0.05) is 12.0 Å². The van der Waals surface area contributed by atoms with Gasteiger partial charge in [0.15, 0.2) is 0 Å². The Balaban J connectivity index is 2.23. The van der Waals surface area contributed by atoms with E-state index in [1.54, 1.807) is 6.26 Å². The monoisotopic (exact) mass is 214 g/mol. The molecule has 3 heteroatoms. The van der Waals surface area contributed by atoms with Crippen LogP contribution in [-0.4, -0.2) is 5.72 Å². The molecule has 0 saturated carbocycles. The predicted molar refractivity (Wildman–Crippen MR) is 62.8 cm³/mol. The molecule has 1 unspecified atom stereocenters. The molecule has 82 valence electrons. The van der Waals surface area contributed by atoms with Gasteiger partial charge in [0.25, 0.3) is 0 Å². The van der Waals surface area contributed by atoms with Crippen molar-refractivity contribution in [1.29, 1.82) is 5.53 Å². The summed E-state index contributed by atoms with van der Waals surface area (Å²) >= 11 is 0.